The molecule has 3 rings (SSSR count). The summed E-state index contributed by atoms with van der Waals surface area (Å²) in [5.74, 6) is 0.281. The number of esters is 1. The van der Waals surface area contributed by atoms with Gasteiger partial charge in [0.2, 0.25) is 0 Å². The summed E-state index contributed by atoms with van der Waals surface area (Å²) in [5.41, 5.74) is 2.39. The quantitative estimate of drug-likeness (QED) is 0.410. The van der Waals surface area contributed by atoms with Crippen molar-refractivity contribution in [2.45, 2.75) is 25.4 Å². The Balaban J connectivity index is 1.41. The van der Waals surface area contributed by atoms with Crippen LogP contribution >= 0.6 is 0 Å². The molecular formula is C22H24O4. The van der Waals surface area contributed by atoms with Gasteiger partial charge in [0, 0.05) is 0 Å². The van der Waals surface area contributed by atoms with Crippen LogP contribution in [0.3, 0.4) is 0 Å². The van der Waals surface area contributed by atoms with E-state index in [4.69, 9.17) is 14.2 Å². The second kappa shape index (κ2) is 9.78. The molecule has 0 unspecified atom stereocenters. The Kier molecular flexibility index (Phi) is 6.85. The van der Waals surface area contributed by atoms with Gasteiger partial charge in [-0.25, -0.2) is 4.79 Å². The molecule has 2 aromatic rings. The summed E-state index contributed by atoms with van der Waals surface area (Å²) in [6, 6.07) is 19.7. The monoisotopic (exact) mass is 352 g/mol. The fourth-order valence-corrected chi connectivity index (χ4v) is 2.87. The van der Waals surface area contributed by atoms with E-state index >= 15 is 0 Å². The Hall–Kier alpha value is -2.59. The van der Waals surface area contributed by atoms with Crippen LogP contribution in [0.25, 0.3) is 0 Å². The molecule has 26 heavy (non-hydrogen) atoms. The Bertz CT molecular complexity index is 709. The van der Waals surface area contributed by atoms with Gasteiger partial charge in [0.05, 0.1) is 13.2 Å². The number of carbonyl (C=O) groups excluding carboxylic acids is 1. The minimum absolute atomic E-state index is 0.0954. The first-order valence-corrected chi connectivity index (χ1v) is 8.99. The highest BCUT2D eigenvalue weighted by molar-refractivity contribution is 5.71. The number of carbonyl (C=O) groups is 1. The lowest BCUT2D eigenvalue weighted by Gasteiger charge is -2.13. The molecule has 1 heterocycles. The molecule has 4 nitrogen and oxygen atoms in total. The van der Waals surface area contributed by atoms with Gasteiger partial charge >= 0.3 is 5.97 Å². The van der Waals surface area contributed by atoms with E-state index in [0.717, 1.165) is 24.8 Å². The zero-order valence-corrected chi connectivity index (χ0v) is 14.8. The van der Waals surface area contributed by atoms with Crippen molar-refractivity contribution in [2.75, 3.05) is 19.8 Å². The molecule has 0 aromatic heterocycles. The van der Waals surface area contributed by atoms with Crippen molar-refractivity contribution in [3.05, 3.63) is 77.9 Å². The fraction of sp³-hybridized carbons (Fsp3) is 0.318. The molecule has 1 saturated heterocycles. The minimum Gasteiger partial charge on any atom is -0.482 e. The number of unbranched alkanes of at least 4 members (excludes halogenated alkanes) is 1. The Labute approximate surface area is 154 Å². The van der Waals surface area contributed by atoms with Gasteiger partial charge < -0.3 is 14.2 Å². The smallest absolute Gasteiger partial charge is 0.344 e. The normalized spacial score (nSPS) is 18.0. The third-order valence-electron chi connectivity index (χ3n) is 4.24. The topological polar surface area (TPSA) is 44.8 Å². The fourth-order valence-electron chi connectivity index (χ4n) is 2.87. The number of benzene rings is 2. The van der Waals surface area contributed by atoms with Crippen molar-refractivity contribution < 1.29 is 19.0 Å². The van der Waals surface area contributed by atoms with E-state index in [1.807, 2.05) is 36.4 Å². The second-order valence-electron chi connectivity index (χ2n) is 6.25. The van der Waals surface area contributed by atoms with Crippen LogP contribution in [0, 0.1) is 0 Å². The summed E-state index contributed by atoms with van der Waals surface area (Å²) in [6.45, 7) is 0.853. The lowest BCUT2D eigenvalue weighted by Crippen LogP contribution is -2.24. The number of hydrogen-bond acceptors (Lipinski definition) is 4. The highest BCUT2D eigenvalue weighted by Crippen LogP contribution is 2.18. The molecule has 1 atom stereocenters. The molecule has 4 heteroatoms. The highest BCUT2D eigenvalue weighted by Gasteiger charge is 2.25. The average molecular weight is 352 g/mol. The van der Waals surface area contributed by atoms with E-state index in [-0.39, 0.29) is 18.7 Å². The summed E-state index contributed by atoms with van der Waals surface area (Å²) in [5, 5.41) is 0. The summed E-state index contributed by atoms with van der Waals surface area (Å²) >= 11 is 0. The maximum atomic E-state index is 12.0. The average Bonchev–Trinajstić information content (AvgIpc) is 3.12. The third-order valence-corrected chi connectivity index (χ3v) is 4.24. The zero-order valence-electron chi connectivity index (χ0n) is 14.8. The van der Waals surface area contributed by atoms with E-state index in [9.17, 15) is 4.79 Å². The predicted octanol–water partition coefficient (Wildman–Crippen LogP) is 3.96. The van der Waals surface area contributed by atoms with Crippen LogP contribution in [0.15, 0.2) is 72.3 Å². The van der Waals surface area contributed by atoms with Crippen molar-refractivity contribution in [3.8, 4) is 5.75 Å². The third kappa shape index (κ3) is 5.74. The highest BCUT2D eigenvalue weighted by atomic mass is 16.6. The minimum atomic E-state index is -0.375. The number of para-hydroxylation sites is 1. The molecule has 136 valence electrons. The van der Waals surface area contributed by atoms with Crippen LogP contribution < -0.4 is 4.74 Å². The molecule has 1 aliphatic rings. The molecule has 0 amide bonds. The molecule has 0 saturated carbocycles. The predicted molar refractivity (Wildman–Crippen MR) is 100 cm³/mol. The first kappa shape index (κ1) is 18.2. The molecule has 0 bridgehead atoms. The molecular weight excluding hydrogens is 328 g/mol. The summed E-state index contributed by atoms with van der Waals surface area (Å²) < 4.78 is 16.4. The SMILES string of the molecule is O=C(COc1ccccc1)O[C@H]1COC/C1=C\CCCc1ccccc1. The van der Waals surface area contributed by atoms with Gasteiger partial charge in [-0.2, -0.15) is 0 Å². The van der Waals surface area contributed by atoms with E-state index in [0.29, 0.717) is 19.0 Å². The summed E-state index contributed by atoms with van der Waals surface area (Å²) in [4.78, 5) is 12.0. The number of allylic oxidation sites excluding steroid dienone is 1. The van der Waals surface area contributed by atoms with Crippen LogP contribution in [-0.4, -0.2) is 31.9 Å². The zero-order chi connectivity index (χ0) is 18.0. The Morgan fingerprint density at radius 3 is 2.58 bits per heavy atom. The Morgan fingerprint density at radius 1 is 1.08 bits per heavy atom. The number of aryl methyl sites for hydroxylation is 1. The summed E-state index contributed by atoms with van der Waals surface area (Å²) in [7, 11) is 0. The molecule has 1 fully saturated rings. The standard InChI is InChI=1S/C22H24O4/c23-22(17-25-20-13-5-2-6-14-20)26-21-16-24-15-19(21)12-8-7-11-18-9-3-1-4-10-18/h1-6,9-10,12-14,21H,7-8,11,15-17H2/b19-12+/t21-/m0/s1. The van der Waals surface area contributed by atoms with Gasteiger partial charge in [-0.05, 0) is 42.5 Å². The molecule has 0 radical (unpaired) electrons. The van der Waals surface area contributed by atoms with Crippen molar-refractivity contribution >= 4 is 5.97 Å². The van der Waals surface area contributed by atoms with Crippen LogP contribution in [0.1, 0.15) is 18.4 Å². The van der Waals surface area contributed by atoms with E-state index < -0.39 is 0 Å². The van der Waals surface area contributed by atoms with Crippen LogP contribution in [-0.2, 0) is 20.7 Å². The number of ether oxygens (including phenoxy) is 3. The van der Waals surface area contributed by atoms with Gasteiger partial charge in [0.25, 0.3) is 0 Å². The molecule has 0 N–H and O–H groups in total. The number of rotatable bonds is 8. The van der Waals surface area contributed by atoms with Gasteiger partial charge in [-0.1, -0.05) is 54.6 Å². The first-order valence-electron chi connectivity index (χ1n) is 8.99. The van der Waals surface area contributed by atoms with Gasteiger partial charge in [-0.15, -0.1) is 0 Å². The molecule has 1 aliphatic heterocycles. The van der Waals surface area contributed by atoms with Crippen molar-refractivity contribution in [3.63, 3.8) is 0 Å². The summed E-state index contributed by atoms with van der Waals surface area (Å²) in [6.07, 6.45) is 4.90. The maximum absolute atomic E-state index is 12.0. The van der Waals surface area contributed by atoms with Gasteiger partial charge in [-0.3, -0.25) is 0 Å². The van der Waals surface area contributed by atoms with Crippen molar-refractivity contribution in [2.24, 2.45) is 0 Å². The number of hydrogen-bond donors (Lipinski definition) is 0. The maximum Gasteiger partial charge on any atom is 0.344 e. The molecule has 2 aromatic carbocycles. The van der Waals surface area contributed by atoms with Gasteiger partial charge in [0.1, 0.15) is 11.9 Å². The van der Waals surface area contributed by atoms with E-state index in [1.54, 1.807) is 0 Å². The molecule has 0 aliphatic carbocycles. The first-order chi connectivity index (χ1) is 12.8. The van der Waals surface area contributed by atoms with Crippen LogP contribution in [0.5, 0.6) is 5.75 Å². The largest absolute Gasteiger partial charge is 0.482 e. The van der Waals surface area contributed by atoms with Crippen LogP contribution in [0.2, 0.25) is 0 Å². The lowest BCUT2D eigenvalue weighted by atomic mass is 10.1. The molecule has 0 spiro atoms. The van der Waals surface area contributed by atoms with Crippen molar-refractivity contribution in [1.29, 1.82) is 0 Å². The van der Waals surface area contributed by atoms with E-state index in [1.165, 1.54) is 5.56 Å². The Morgan fingerprint density at radius 2 is 1.81 bits per heavy atom. The van der Waals surface area contributed by atoms with Gasteiger partial charge in [0.15, 0.2) is 6.61 Å². The second-order valence-corrected chi connectivity index (χ2v) is 6.25. The van der Waals surface area contributed by atoms with Crippen molar-refractivity contribution in [1.82, 2.24) is 0 Å². The lowest BCUT2D eigenvalue weighted by molar-refractivity contribution is -0.150. The van der Waals surface area contributed by atoms with Crippen LogP contribution in [0.4, 0.5) is 0 Å². The van der Waals surface area contributed by atoms with E-state index in [2.05, 4.69) is 30.3 Å².